The second-order valence-electron chi connectivity index (χ2n) is 8.82. The molecule has 6 heteroatoms. The van der Waals surface area contributed by atoms with Gasteiger partial charge in [0, 0.05) is 32.7 Å². The first kappa shape index (κ1) is 19.1. The number of fused-ring (bicyclic) bond motifs is 5. The molecule has 0 N–H and O–H groups in total. The van der Waals surface area contributed by atoms with Crippen molar-refractivity contribution in [3.8, 4) is 0 Å². The van der Waals surface area contributed by atoms with E-state index in [1.807, 2.05) is 18.2 Å². The maximum atomic E-state index is 12.7. The summed E-state index contributed by atoms with van der Waals surface area (Å²) in [7, 11) is 0. The number of halogens is 1. The summed E-state index contributed by atoms with van der Waals surface area (Å²) in [6.45, 7) is 5.60. The maximum absolute atomic E-state index is 12.7. The Kier molecular flexibility index (Phi) is 5.12. The van der Waals surface area contributed by atoms with E-state index in [-0.39, 0.29) is 23.7 Å². The molecule has 2 bridgehead atoms. The molecule has 4 aliphatic rings. The van der Waals surface area contributed by atoms with Crippen LogP contribution in [0.1, 0.15) is 19.3 Å². The summed E-state index contributed by atoms with van der Waals surface area (Å²) in [5.74, 6) is 0.669. The van der Waals surface area contributed by atoms with Gasteiger partial charge in [-0.05, 0) is 49.8 Å². The Labute approximate surface area is 177 Å². The summed E-state index contributed by atoms with van der Waals surface area (Å²) in [5.41, 5.74) is 1.12. The van der Waals surface area contributed by atoms with Gasteiger partial charge in [-0.3, -0.25) is 19.4 Å². The topological polar surface area (TPSA) is 43.9 Å². The molecule has 0 unspecified atom stereocenters. The van der Waals surface area contributed by atoms with E-state index in [2.05, 4.69) is 28.0 Å². The van der Waals surface area contributed by atoms with Crippen molar-refractivity contribution in [3.63, 3.8) is 0 Å². The maximum Gasteiger partial charge on any atom is 0.233 e. The van der Waals surface area contributed by atoms with Crippen LogP contribution in [-0.2, 0) is 9.59 Å². The van der Waals surface area contributed by atoms with Gasteiger partial charge in [0.05, 0.1) is 22.5 Å². The lowest BCUT2D eigenvalue weighted by atomic mass is 9.85. The molecule has 1 saturated carbocycles. The molecule has 2 aliphatic carbocycles. The summed E-state index contributed by atoms with van der Waals surface area (Å²) in [6.07, 6.45) is 7.22. The molecule has 5 nitrogen and oxygen atoms in total. The molecule has 4 atom stereocenters. The molecule has 1 aromatic carbocycles. The Morgan fingerprint density at radius 3 is 2.14 bits per heavy atom. The fourth-order valence-corrected chi connectivity index (χ4v) is 5.97. The van der Waals surface area contributed by atoms with Gasteiger partial charge < -0.3 is 4.90 Å². The van der Waals surface area contributed by atoms with Crippen LogP contribution in [0.4, 0.5) is 5.69 Å². The van der Waals surface area contributed by atoms with Gasteiger partial charge in [-0.2, -0.15) is 0 Å². The highest BCUT2D eigenvalue weighted by Crippen LogP contribution is 2.52. The molecule has 2 saturated heterocycles. The quantitative estimate of drug-likeness (QED) is 0.408. The minimum absolute atomic E-state index is 0.0598. The van der Waals surface area contributed by atoms with Gasteiger partial charge in [0.2, 0.25) is 11.8 Å². The molecule has 1 aromatic rings. The van der Waals surface area contributed by atoms with Crippen LogP contribution in [0.3, 0.4) is 0 Å². The van der Waals surface area contributed by atoms with Gasteiger partial charge in [-0.1, -0.05) is 35.9 Å². The lowest BCUT2D eigenvalue weighted by molar-refractivity contribution is -0.140. The van der Waals surface area contributed by atoms with Crippen molar-refractivity contribution in [1.82, 2.24) is 9.80 Å². The van der Waals surface area contributed by atoms with E-state index in [4.69, 9.17) is 11.6 Å². The minimum atomic E-state index is -0.0598. The Bertz CT molecular complexity index is 803. The Balaban J connectivity index is 1.06. The summed E-state index contributed by atoms with van der Waals surface area (Å²) >= 11 is 6.32. The number of carbonyl (C=O) groups is 2. The zero-order valence-corrected chi connectivity index (χ0v) is 17.4. The average molecular weight is 414 g/mol. The minimum Gasteiger partial charge on any atom is -0.368 e. The van der Waals surface area contributed by atoms with Crippen LogP contribution in [0.5, 0.6) is 0 Å². The van der Waals surface area contributed by atoms with Crippen molar-refractivity contribution in [3.05, 3.63) is 41.4 Å². The molecule has 2 amide bonds. The normalized spacial score (nSPS) is 31.2. The van der Waals surface area contributed by atoms with Crippen LogP contribution >= 0.6 is 11.6 Å². The number of likely N-dealkylation sites (tertiary alicyclic amines) is 1. The van der Waals surface area contributed by atoms with Crippen molar-refractivity contribution in [1.29, 1.82) is 0 Å². The molecular formula is C23H28ClN3O2. The van der Waals surface area contributed by atoms with Crippen LogP contribution in [0.2, 0.25) is 5.02 Å². The summed E-state index contributed by atoms with van der Waals surface area (Å²) in [6, 6.07) is 8.02. The van der Waals surface area contributed by atoms with Crippen molar-refractivity contribution < 1.29 is 9.59 Å². The number of hydrogen-bond donors (Lipinski definition) is 0. The van der Waals surface area contributed by atoms with Crippen LogP contribution in [0.15, 0.2) is 36.4 Å². The lowest BCUT2D eigenvalue weighted by Gasteiger charge is -2.36. The van der Waals surface area contributed by atoms with Crippen LogP contribution in [0, 0.1) is 23.7 Å². The summed E-state index contributed by atoms with van der Waals surface area (Å²) in [5, 5.41) is 0.814. The predicted octanol–water partition coefficient (Wildman–Crippen LogP) is 3.05. The number of carbonyl (C=O) groups excluding carboxylic acids is 2. The van der Waals surface area contributed by atoms with Gasteiger partial charge in [-0.25, -0.2) is 0 Å². The number of allylic oxidation sites excluding steroid dienone is 2. The number of rotatable bonds is 6. The van der Waals surface area contributed by atoms with Crippen LogP contribution < -0.4 is 4.90 Å². The number of nitrogens with zero attached hydrogens (tertiary/aromatic N) is 3. The number of unbranched alkanes of at least 4 members (excludes halogenated alkanes) is 1. The zero-order valence-electron chi connectivity index (χ0n) is 16.7. The first-order valence-corrected chi connectivity index (χ1v) is 11.3. The zero-order chi connectivity index (χ0) is 20.0. The fourth-order valence-electron chi connectivity index (χ4n) is 5.71. The van der Waals surface area contributed by atoms with Crippen molar-refractivity contribution in [2.75, 3.05) is 44.2 Å². The van der Waals surface area contributed by atoms with Crippen molar-refractivity contribution >= 4 is 29.1 Å². The second kappa shape index (κ2) is 7.77. The van der Waals surface area contributed by atoms with E-state index in [1.165, 1.54) is 0 Å². The molecule has 0 spiro atoms. The third-order valence-corrected chi connectivity index (χ3v) is 7.55. The number of imide groups is 1. The molecule has 5 rings (SSSR count). The van der Waals surface area contributed by atoms with Gasteiger partial charge in [0.15, 0.2) is 0 Å². The summed E-state index contributed by atoms with van der Waals surface area (Å²) < 4.78 is 0. The monoisotopic (exact) mass is 413 g/mol. The second-order valence-corrected chi connectivity index (χ2v) is 9.22. The van der Waals surface area contributed by atoms with Crippen molar-refractivity contribution in [2.45, 2.75) is 19.3 Å². The van der Waals surface area contributed by atoms with Gasteiger partial charge >= 0.3 is 0 Å². The SMILES string of the molecule is O=C1[C@@H]2[C@H](C(=O)N1CCCCN1CCN(c3ccccc3Cl)CC1)[C@@H]1C=C[C@H]2C1. The summed E-state index contributed by atoms with van der Waals surface area (Å²) in [4.78, 5) is 31.8. The highest BCUT2D eigenvalue weighted by molar-refractivity contribution is 6.33. The van der Waals surface area contributed by atoms with E-state index in [0.29, 0.717) is 18.4 Å². The highest BCUT2D eigenvalue weighted by Gasteiger charge is 2.58. The average Bonchev–Trinajstić information content (AvgIpc) is 3.41. The third kappa shape index (κ3) is 3.38. The molecule has 3 fully saturated rings. The molecule has 29 heavy (non-hydrogen) atoms. The van der Waals surface area contributed by atoms with E-state index in [0.717, 1.165) is 62.7 Å². The van der Waals surface area contributed by atoms with E-state index >= 15 is 0 Å². The standard InChI is InChI=1S/C23H28ClN3O2/c24-18-5-1-2-6-19(18)26-13-11-25(12-14-26)9-3-4-10-27-22(28)20-16-7-8-17(15-16)21(20)23(27)29/h1-2,5-8,16-17,20-21H,3-4,9-15H2/t16-,17+,20-,21+. The van der Waals surface area contributed by atoms with Gasteiger partial charge in [0.1, 0.15) is 0 Å². The molecular weight excluding hydrogens is 386 g/mol. The molecule has 154 valence electrons. The van der Waals surface area contributed by atoms with E-state index in [9.17, 15) is 9.59 Å². The fraction of sp³-hybridized carbons (Fsp3) is 0.565. The number of para-hydroxylation sites is 1. The third-order valence-electron chi connectivity index (χ3n) is 7.23. The largest absolute Gasteiger partial charge is 0.368 e. The van der Waals surface area contributed by atoms with Gasteiger partial charge in [-0.15, -0.1) is 0 Å². The number of benzene rings is 1. The molecule has 0 radical (unpaired) electrons. The van der Waals surface area contributed by atoms with Gasteiger partial charge in [0.25, 0.3) is 0 Å². The first-order valence-electron chi connectivity index (χ1n) is 10.9. The van der Waals surface area contributed by atoms with Crippen LogP contribution in [-0.4, -0.2) is 60.9 Å². The predicted molar refractivity (Wildman–Crippen MR) is 114 cm³/mol. The first-order chi connectivity index (χ1) is 14.1. The van der Waals surface area contributed by atoms with Crippen LogP contribution in [0.25, 0.3) is 0 Å². The number of hydrogen-bond acceptors (Lipinski definition) is 4. The van der Waals surface area contributed by atoms with E-state index in [1.54, 1.807) is 4.90 Å². The molecule has 2 heterocycles. The number of amides is 2. The smallest absolute Gasteiger partial charge is 0.233 e. The van der Waals surface area contributed by atoms with Crippen molar-refractivity contribution in [2.24, 2.45) is 23.7 Å². The highest BCUT2D eigenvalue weighted by atomic mass is 35.5. The van der Waals surface area contributed by atoms with E-state index < -0.39 is 0 Å². The number of piperazine rings is 1. The Morgan fingerprint density at radius 1 is 0.862 bits per heavy atom. The Hall–Kier alpha value is -1.85. The number of anilines is 1. The Morgan fingerprint density at radius 2 is 1.48 bits per heavy atom. The molecule has 2 aliphatic heterocycles. The molecule has 0 aromatic heterocycles. The lowest BCUT2D eigenvalue weighted by Crippen LogP contribution is -2.46.